The summed E-state index contributed by atoms with van der Waals surface area (Å²) in [5.74, 6) is 1.13. The van der Waals surface area contributed by atoms with Crippen molar-refractivity contribution in [3.05, 3.63) is 54.7 Å². The SMILES string of the molecule is C=C/C=C\C=C/C.CCCC[C@@]1(CC)CS(=O)(=O)c2cc(OC)c(OC)cc2CN1. The van der Waals surface area contributed by atoms with Gasteiger partial charge in [-0.2, -0.15) is 0 Å². The molecule has 1 N–H and O–H groups in total. The molecule has 0 saturated heterocycles. The first-order valence-corrected chi connectivity index (χ1v) is 12.1. The molecule has 2 rings (SSSR count). The van der Waals surface area contributed by atoms with Crippen LogP contribution in [0.4, 0.5) is 0 Å². The highest BCUT2D eigenvalue weighted by Crippen LogP contribution is 2.37. The number of ether oxygens (including phenoxy) is 2. The Morgan fingerprint density at radius 1 is 1.13 bits per heavy atom. The predicted octanol–water partition coefficient (Wildman–Crippen LogP) is 5.22. The molecule has 0 aliphatic carbocycles. The zero-order chi connectivity index (χ0) is 22.6. The quantitative estimate of drug-likeness (QED) is 0.567. The fourth-order valence-electron chi connectivity index (χ4n) is 3.44. The molecule has 0 saturated carbocycles. The standard InChI is InChI=1S/C17H27NO4S.C7H10/c1-5-7-8-17(6-2)12-23(19,20)16-10-15(22-4)14(21-3)9-13(16)11-18-17;1-3-5-7-6-4-2/h9-10,18H,5-8,11-12H2,1-4H3;3-7H,1H2,2H3/b;6-4-,7-5-/t17-;/m0./s1. The Balaban J connectivity index is 0.000000553. The topological polar surface area (TPSA) is 64.6 Å². The molecule has 1 atom stereocenters. The largest absolute Gasteiger partial charge is 0.493 e. The number of hydrogen-bond acceptors (Lipinski definition) is 5. The molecule has 1 aliphatic heterocycles. The Morgan fingerprint density at radius 3 is 2.33 bits per heavy atom. The number of rotatable bonds is 8. The normalized spacial score (nSPS) is 20.2. The number of fused-ring (bicyclic) bond motifs is 1. The summed E-state index contributed by atoms with van der Waals surface area (Å²) in [6, 6.07) is 3.36. The molecule has 1 aromatic carbocycles. The zero-order valence-corrected chi connectivity index (χ0v) is 19.8. The van der Waals surface area contributed by atoms with Crippen molar-refractivity contribution in [2.75, 3.05) is 20.0 Å². The predicted molar refractivity (Wildman–Crippen MR) is 125 cm³/mol. The number of allylic oxidation sites excluding steroid dienone is 5. The molecule has 0 amide bonds. The van der Waals surface area contributed by atoms with E-state index in [1.807, 2.05) is 31.2 Å². The minimum absolute atomic E-state index is 0.124. The van der Waals surface area contributed by atoms with Gasteiger partial charge in [-0.3, -0.25) is 0 Å². The van der Waals surface area contributed by atoms with Crippen molar-refractivity contribution in [3.8, 4) is 11.5 Å². The molecule has 0 spiro atoms. The van der Waals surface area contributed by atoms with Gasteiger partial charge < -0.3 is 14.8 Å². The highest BCUT2D eigenvalue weighted by Gasteiger charge is 2.38. The second-order valence-corrected chi connectivity index (χ2v) is 9.27. The smallest absolute Gasteiger partial charge is 0.180 e. The van der Waals surface area contributed by atoms with Gasteiger partial charge in [0, 0.05) is 18.2 Å². The molecule has 1 aliphatic rings. The van der Waals surface area contributed by atoms with E-state index in [9.17, 15) is 8.42 Å². The van der Waals surface area contributed by atoms with Gasteiger partial charge in [-0.05, 0) is 31.4 Å². The molecular formula is C24H37NO4S. The highest BCUT2D eigenvalue weighted by atomic mass is 32.2. The lowest BCUT2D eigenvalue weighted by molar-refractivity contribution is 0.313. The molecular weight excluding hydrogens is 398 g/mol. The molecule has 0 fully saturated rings. The summed E-state index contributed by atoms with van der Waals surface area (Å²) in [5, 5.41) is 3.50. The minimum Gasteiger partial charge on any atom is -0.493 e. The molecule has 168 valence electrons. The lowest BCUT2D eigenvalue weighted by Crippen LogP contribution is -2.48. The third-order valence-electron chi connectivity index (χ3n) is 5.26. The van der Waals surface area contributed by atoms with Crippen LogP contribution in [0.25, 0.3) is 0 Å². The van der Waals surface area contributed by atoms with E-state index in [1.54, 1.807) is 25.3 Å². The third-order valence-corrected chi connectivity index (χ3v) is 7.24. The van der Waals surface area contributed by atoms with Gasteiger partial charge >= 0.3 is 0 Å². The molecule has 0 bridgehead atoms. The molecule has 5 nitrogen and oxygen atoms in total. The van der Waals surface area contributed by atoms with E-state index in [2.05, 4.69) is 25.7 Å². The van der Waals surface area contributed by atoms with Crippen molar-refractivity contribution < 1.29 is 17.9 Å². The zero-order valence-electron chi connectivity index (χ0n) is 19.0. The van der Waals surface area contributed by atoms with Gasteiger partial charge in [0.15, 0.2) is 21.3 Å². The second-order valence-electron chi connectivity index (χ2n) is 7.31. The van der Waals surface area contributed by atoms with E-state index >= 15 is 0 Å². The Bertz CT molecular complexity index is 843. The lowest BCUT2D eigenvalue weighted by Gasteiger charge is -2.32. The Kier molecular flexibility index (Phi) is 10.9. The van der Waals surface area contributed by atoms with Crippen molar-refractivity contribution >= 4 is 9.84 Å². The molecule has 1 heterocycles. The maximum Gasteiger partial charge on any atom is 0.180 e. The molecule has 30 heavy (non-hydrogen) atoms. The number of benzene rings is 1. The van der Waals surface area contributed by atoms with Crippen molar-refractivity contribution in [2.24, 2.45) is 0 Å². The van der Waals surface area contributed by atoms with Gasteiger partial charge in [-0.1, -0.05) is 63.6 Å². The van der Waals surface area contributed by atoms with Gasteiger partial charge in [-0.25, -0.2) is 8.42 Å². The van der Waals surface area contributed by atoms with E-state index in [1.165, 1.54) is 7.11 Å². The first-order chi connectivity index (χ1) is 14.3. The van der Waals surface area contributed by atoms with Crippen LogP contribution in [-0.4, -0.2) is 33.9 Å². The van der Waals surface area contributed by atoms with E-state index < -0.39 is 9.84 Å². The average Bonchev–Trinajstić information content (AvgIpc) is 2.86. The van der Waals surface area contributed by atoms with Crippen LogP contribution in [0.2, 0.25) is 0 Å². The van der Waals surface area contributed by atoms with Crippen molar-refractivity contribution in [2.45, 2.75) is 63.4 Å². The molecule has 0 aromatic heterocycles. The van der Waals surface area contributed by atoms with Crippen LogP contribution in [0, 0.1) is 0 Å². The molecule has 0 radical (unpaired) electrons. The average molecular weight is 436 g/mol. The summed E-state index contributed by atoms with van der Waals surface area (Å²) >= 11 is 0. The fraction of sp³-hybridized carbons (Fsp3) is 0.500. The van der Waals surface area contributed by atoms with E-state index in [0.717, 1.165) is 31.2 Å². The minimum atomic E-state index is -3.38. The summed E-state index contributed by atoms with van der Waals surface area (Å²) in [5.41, 5.74) is 0.378. The van der Waals surface area contributed by atoms with Crippen LogP contribution in [-0.2, 0) is 16.4 Å². The Hall–Kier alpha value is -2.05. The van der Waals surface area contributed by atoms with Gasteiger partial charge in [0.1, 0.15) is 0 Å². The number of unbranched alkanes of at least 4 members (excludes halogenated alkanes) is 1. The summed E-state index contributed by atoms with van der Waals surface area (Å²) in [6.45, 7) is 10.2. The van der Waals surface area contributed by atoms with Crippen LogP contribution in [0.15, 0.2) is 54.0 Å². The molecule has 6 heteroatoms. The monoisotopic (exact) mass is 435 g/mol. The maximum absolute atomic E-state index is 13.0. The van der Waals surface area contributed by atoms with Crippen molar-refractivity contribution in [1.82, 2.24) is 5.32 Å². The van der Waals surface area contributed by atoms with Crippen LogP contribution < -0.4 is 14.8 Å². The number of hydrogen-bond donors (Lipinski definition) is 1. The van der Waals surface area contributed by atoms with Gasteiger partial charge in [0.2, 0.25) is 0 Å². The third kappa shape index (κ3) is 7.03. The van der Waals surface area contributed by atoms with Crippen LogP contribution in [0.5, 0.6) is 11.5 Å². The summed E-state index contributed by atoms with van der Waals surface area (Å²) in [4.78, 5) is 0.356. The fourth-order valence-corrected chi connectivity index (χ4v) is 5.59. The lowest BCUT2D eigenvalue weighted by atomic mass is 9.91. The van der Waals surface area contributed by atoms with E-state index in [0.29, 0.717) is 22.9 Å². The Morgan fingerprint density at radius 2 is 1.80 bits per heavy atom. The number of sulfone groups is 1. The number of nitrogens with one attached hydrogen (secondary N) is 1. The molecule has 1 aromatic rings. The van der Waals surface area contributed by atoms with Crippen molar-refractivity contribution in [3.63, 3.8) is 0 Å². The number of methoxy groups -OCH3 is 2. The summed E-state index contributed by atoms with van der Waals surface area (Å²) < 4.78 is 36.5. The first kappa shape index (κ1) is 26.0. The summed E-state index contributed by atoms with van der Waals surface area (Å²) in [7, 11) is -0.311. The van der Waals surface area contributed by atoms with Crippen LogP contribution >= 0.6 is 0 Å². The van der Waals surface area contributed by atoms with Gasteiger partial charge in [0.25, 0.3) is 0 Å². The van der Waals surface area contributed by atoms with Crippen LogP contribution in [0.3, 0.4) is 0 Å². The van der Waals surface area contributed by atoms with E-state index in [-0.39, 0.29) is 11.3 Å². The first-order valence-electron chi connectivity index (χ1n) is 10.5. The van der Waals surface area contributed by atoms with Gasteiger partial charge in [0.05, 0.1) is 24.9 Å². The van der Waals surface area contributed by atoms with Crippen molar-refractivity contribution in [1.29, 1.82) is 0 Å². The van der Waals surface area contributed by atoms with Crippen LogP contribution in [0.1, 0.15) is 52.0 Å². The molecule has 0 unspecified atom stereocenters. The highest BCUT2D eigenvalue weighted by molar-refractivity contribution is 7.91. The second kappa shape index (κ2) is 12.6. The van der Waals surface area contributed by atoms with E-state index in [4.69, 9.17) is 9.47 Å². The Labute approximate surface area is 182 Å². The summed E-state index contributed by atoms with van der Waals surface area (Å²) in [6.07, 6.45) is 13.2. The van der Waals surface area contributed by atoms with Gasteiger partial charge in [-0.15, -0.1) is 0 Å². The maximum atomic E-state index is 13.0.